The van der Waals surface area contributed by atoms with Crippen molar-refractivity contribution in [3.63, 3.8) is 0 Å². The van der Waals surface area contributed by atoms with Crippen molar-refractivity contribution < 1.29 is 9.53 Å². The molecule has 0 bridgehead atoms. The summed E-state index contributed by atoms with van der Waals surface area (Å²) in [6.45, 7) is 7.08. The maximum atomic E-state index is 12.5. The van der Waals surface area contributed by atoms with E-state index in [1.54, 1.807) is 13.3 Å². The number of aryl methyl sites for hydroxylation is 1. The van der Waals surface area contributed by atoms with Gasteiger partial charge in [-0.25, -0.2) is 9.97 Å². The number of hydrogen-bond acceptors (Lipinski definition) is 5. The van der Waals surface area contributed by atoms with Crippen molar-refractivity contribution in [2.24, 2.45) is 0 Å². The van der Waals surface area contributed by atoms with Crippen LogP contribution < -0.4 is 10.1 Å². The van der Waals surface area contributed by atoms with Crippen molar-refractivity contribution in [3.8, 4) is 5.88 Å². The number of rotatable bonds is 6. The standard InChI is InChI=1S/C19H23N5O2/c1-5-6-20-18(25)14-9-24(16-7-12(2)8-21-17(14)16)10-15-13(3)19(26-4)23-11-22-15/h7-9,11H,5-6,10H2,1-4H3,(H,20,25). The van der Waals surface area contributed by atoms with E-state index in [0.717, 1.165) is 28.8 Å². The Morgan fingerprint density at radius 2 is 2.08 bits per heavy atom. The lowest BCUT2D eigenvalue weighted by Crippen LogP contribution is -2.23. The fourth-order valence-corrected chi connectivity index (χ4v) is 2.89. The highest BCUT2D eigenvalue weighted by Gasteiger charge is 2.18. The first-order chi connectivity index (χ1) is 12.5. The molecule has 0 aromatic carbocycles. The fourth-order valence-electron chi connectivity index (χ4n) is 2.89. The molecule has 0 aliphatic heterocycles. The van der Waals surface area contributed by atoms with Gasteiger partial charge in [0.2, 0.25) is 5.88 Å². The number of carbonyl (C=O) groups is 1. The van der Waals surface area contributed by atoms with E-state index in [2.05, 4.69) is 20.3 Å². The second-order valence-electron chi connectivity index (χ2n) is 6.26. The normalized spacial score (nSPS) is 10.9. The maximum Gasteiger partial charge on any atom is 0.255 e. The molecule has 1 amide bonds. The van der Waals surface area contributed by atoms with Crippen LogP contribution in [-0.4, -0.2) is 39.1 Å². The van der Waals surface area contributed by atoms with Gasteiger partial charge in [-0.1, -0.05) is 6.92 Å². The third kappa shape index (κ3) is 3.37. The second-order valence-corrected chi connectivity index (χ2v) is 6.26. The molecule has 0 aliphatic rings. The number of amides is 1. The van der Waals surface area contributed by atoms with Crippen molar-refractivity contribution in [2.75, 3.05) is 13.7 Å². The highest BCUT2D eigenvalue weighted by atomic mass is 16.5. The highest BCUT2D eigenvalue weighted by molar-refractivity contribution is 6.05. The minimum absolute atomic E-state index is 0.107. The molecule has 0 fully saturated rings. The van der Waals surface area contributed by atoms with E-state index in [-0.39, 0.29) is 5.91 Å². The molecule has 3 aromatic rings. The van der Waals surface area contributed by atoms with Crippen LogP contribution in [0.1, 0.15) is 40.5 Å². The van der Waals surface area contributed by atoms with Gasteiger partial charge in [0.25, 0.3) is 5.91 Å². The van der Waals surface area contributed by atoms with E-state index in [1.165, 1.54) is 6.33 Å². The molecule has 0 radical (unpaired) electrons. The smallest absolute Gasteiger partial charge is 0.255 e. The molecule has 1 N–H and O–H groups in total. The SMILES string of the molecule is CCCNC(=O)c1cn(Cc2ncnc(OC)c2C)c2cc(C)cnc12. The zero-order valence-corrected chi connectivity index (χ0v) is 15.5. The first-order valence-corrected chi connectivity index (χ1v) is 8.63. The van der Waals surface area contributed by atoms with E-state index < -0.39 is 0 Å². The largest absolute Gasteiger partial charge is 0.481 e. The summed E-state index contributed by atoms with van der Waals surface area (Å²) in [6.07, 6.45) is 6.00. The number of ether oxygens (including phenoxy) is 1. The summed E-state index contributed by atoms with van der Waals surface area (Å²) in [6, 6.07) is 2.03. The van der Waals surface area contributed by atoms with E-state index in [4.69, 9.17) is 4.74 Å². The molecular weight excluding hydrogens is 330 g/mol. The maximum absolute atomic E-state index is 12.5. The zero-order chi connectivity index (χ0) is 18.7. The summed E-state index contributed by atoms with van der Waals surface area (Å²) in [7, 11) is 1.59. The van der Waals surface area contributed by atoms with Crippen LogP contribution in [0.4, 0.5) is 0 Å². The van der Waals surface area contributed by atoms with Gasteiger partial charge in [0, 0.05) is 24.5 Å². The Morgan fingerprint density at radius 3 is 2.81 bits per heavy atom. The third-order valence-corrected chi connectivity index (χ3v) is 4.29. The lowest BCUT2D eigenvalue weighted by atomic mass is 10.2. The van der Waals surface area contributed by atoms with Crippen molar-refractivity contribution >= 4 is 16.9 Å². The predicted molar refractivity (Wildman–Crippen MR) is 99.5 cm³/mol. The minimum atomic E-state index is -0.107. The molecule has 26 heavy (non-hydrogen) atoms. The number of pyridine rings is 1. The average Bonchev–Trinajstić information content (AvgIpc) is 2.99. The number of methoxy groups -OCH3 is 1. The van der Waals surface area contributed by atoms with Crippen LogP contribution in [0.2, 0.25) is 0 Å². The summed E-state index contributed by atoms with van der Waals surface area (Å²) in [5, 5.41) is 2.92. The van der Waals surface area contributed by atoms with Crippen LogP contribution in [0.15, 0.2) is 24.8 Å². The van der Waals surface area contributed by atoms with Crippen LogP contribution in [0.3, 0.4) is 0 Å². The Labute approximate surface area is 152 Å². The molecule has 7 heteroatoms. The fraction of sp³-hybridized carbons (Fsp3) is 0.368. The van der Waals surface area contributed by atoms with E-state index >= 15 is 0 Å². The third-order valence-electron chi connectivity index (χ3n) is 4.29. The summed E-state index contributed by atoms with van der Waals surface area (Å²) in [4.78, 5) is 25.5. The lowest BCUT2D eigenvalue weighted by molar-refractivity contribution is 0.0955. The van der Waals surface area contributed by atoms with Gasteiger partial charge in [-0.3, -0.25) is 9.78 Å². The van der Waals surface area contributed by atoms with Gasteiger partial charge < -0.3 is 14.6 Å². The molecule has 0 saturated carbocycles. The quantitative estimate of drug-likeness (QED) is 0.737. The second kappa shape index (κ2) is 7.51. The molecule has 0 atom stereocenters. The Hall–Kier alpha value is -2.96. The monoisotopic (exact) mass is 353 g/mol. The van der Waals surface area contributed by atoms with Crippen LogP contribution in [0.25, 0.3) is 11.0 Å². The summed E-state index contributed by atoms with van der Waals surface area (Å²) < 4.78 is 7.29. The van der Waals surface area contributed by atoms with Gasteiger partial charge in [-0.05, 0) is 31.9 Å². The van der Waals surface area contributed by atoms with Gasteiger partial charge in [0.1, 0.15) is 11.8 Å². The summed E-state index contributed by atoms with van der Waals surface area (Å²) in [5.41, 5.74) is 4.94. The van der Waals surface area contributed by atoms with Gasteiger partial charge in [0.15, 0.2) is 0 Å². The van der Waals surface area contributed by atoms with Crippen LogP contribution in [0.5, 0.6) is 5.88 Å². The molecule has 136 valence electrons. The predicted octanol–water partition coefficient (Wildman–Crippen LogP) is 2.64. The lowest BCUT2D eigenvalue weighted by Gasteiger charge is -2.10. The van der Waals surface area contributed by atoms with Crippen molar-refractivity contribution in [1.29, 1.82) is 0 Å². The number of nitrogens with zero attached hydrogens (tertiary/aromatic N) is 4. The number of carbonyl (C=O) groups excluding carboxylic acids is 1. The van der Waals surface area contributed by atoms with E-state index in [0.29, 0.717) is 30.0 Å². The Morgan fingerprint density at radius 1 is 1.27 bits per heavy atom. The van der Waals surface area contributed by atoms with Crippen molar-refractivity contribution in [1.82, 2.24) is 24.8 Å². The summed E-state index contributed by atoms with van der Waals surface area (Å²) in [5.74, 6) is 0.450. The van der Waals surface area contributed by atoms with Gasteiger partial charge in [-0.15, -0.1) is 0 Å². The minimum Gasteiger partial charge on any atom is -0.481 e. The average molecular weight is 353 g/mol. The molecule has 0 unspecified atom stereocenters. The first kappa shape index (κ1) is 17.8. The van der Waals surface area contributed by atoms with Crippen LogP contribution in [-0.2, 0) is 6.54 Å². The van der Waals surface area contributed by atoms with Crippen LogP contribution >= 0.6 is 0 Å². The topological polar surface area (TPSA) is 81.9 Å². The number of fused-ring (bicyclic) bond motifs is 1. The molecular formula is C19H23N5O2. The Bertz CT molecular complexity index is 948. The highest BCUT2D eigenvalue weighted by Crippen LogP contribution is 2.23. The molecule has 3 heterocycles. The molecule has 7 nitrogen and oxygen atoms in total. The van der Waals surface area contributed by atoms with Gasteiger partial charge >= 0.3 is 0 Å². The van der Waals surface area contributed by atoms with Gasteiger partial charge in [-0.2, -0.15) is 0 Å². The first-order valence-electron chi connectivity index (χ1n) is 8.63. The zero-order valence-electron chi connectivity index (χ0n) is 15.5. The summed E-state index contributed by atoms with van der Waals surface area (Å²) >= 11 is 0. The van der Waals surface area contributed by atoms with Crippen molar-refractivity contribution in [3.05, 3.63) is 47.2 Å². The number of hydrogen-bond donors (Lipinski definition) is 1. The van der Waals surface area contributed by atoms with E-state index in [9.17, 15) is 4.79 Å². The van der Waals surface area contributed by atoms with Gasteiger partial charge in [0.05, 0.1) is 30.4 Å². The molecule has 3 aromatic heterocycles. The number of nitrogens with one attached hydrogen (secondary N) is 1. The van der Waals surface area contributed by atoms with Crippen molar-refractivity contribution in [2.45, 2.75) is 33.7 Å². The molecule has 0 saturated heterocycles. The Balaban J connectivity index is 2.06. The van der Waals surface area contributed by atoms with E-state index in [1.807, 2.05) is 37.6 Å². The number of aromatic nitrogens is 4. The van der Waals surface area contributed by atoms with Crippen LogP contribution in [0, 0.1) is 13.8 Å². The molecule has 0 spiro atoms. The Kier molecular flexibility index (Phi) is 5.16. The molecule has 3 rings (SSSR count). The molecule has 0 aliphatic carbocycles.